The van der Waals surface area contributed by atoms with Crippen LogP contribution in [-0.2, 0) is 6.18 Å². The normalized spacial score (nSPS) is 11.3. The molecule has 0 aliphatic heterocycles. The van der Waals surface area contributed by atoms with E-state index >= 15 is 0 Å². The molecule has 0 N–H and O–H groups in total. The van der Waals surface area contributed by atoms with Gasteiger partial charge in [-0.1, -0.05) is 12.1 Å². The van der Waals surface area contributed by atoms with Crippen molar-refractivity contribution in [3.05, 3.63) is 29.8 Å². The number of methoxy groups -OCH3 is 1. The number of para-hydroxylation sites is 1. The number of benzene rings is 1. The van der Waals surface area contributed by atoms with Crippen LogP contribution in [-0.4, -0.2) is 7.11 Å². The van der Waals surface area contributed by atoms with E-state index in [1.807, 2.05) is 0 Å². The van der Waals surface area contributed by atoms with Gasteiger partial charge in [0.1, 0.15) is 5.75 Å². The summed E-state index contributed by atoms with van der Waals surface area (Å²) in [4.78, 5) is 0. The first-order valence-corrected chi connectivity index (χ1v) is 3.17. The molecule has 0 amide bonds. The van der Waals surface area contributed by atoms with Crippen molar-refractivity contribution in [1.29, 1.82) is 0 Å². The van der Waals surface area contributed by atoms with Gasteiger partial charge in [-0.2, -0.15) is 13.2 Å². The second kappa shape index (κ2) is 3.05. The predicted molar refractivity (Wildman–Crippen MR) is 36.8 cm³/mol. The predicted octanol–water partition coefficient (Wildman–Crippen LogP) is 2.51. The van der Waals surface area contributed by atoms with Gasteiger partial charge in [0.05, 0.1) is 12.7 Å². The summed E-state index contributed by atoms with van der Waals surface area (Å²) in [5.41, 5.74) is -0.799. The van der Waals surface area contributed by atoms with E-state index in [9.17, 15) is 13.2 Å². The third kappa shape index (κ3) is 1.69. The van der Waals surface area contributed by atoms with Crippen LogP contribution in [0.5, 0.6) is 5.75 Å². The lowest BCUT2D eigenvalue weighted by atomic mass is 10.2. The Balaban J connectivity index is 3.14. The van der Waals surface area contributed by atoms with Crippen molar-refractivity contribution in [3.63, 3.8) is 0 Å². The lowest BCUT2D eigenvalue weighted by molar-refractivity contribution is -0.138. The zero-order valence-electron chi connectivity index (χ0n) is 6.27. The molecular weight excluding hydrogens is 169 g/mol. The number of halogens is 3. The van der Waals surface area contributed by atoms with Crippen molar-refractivity contribution in [2.45, 2.75) is 6.18 Å². The van der Waals surface area contributed by atoms with Gasteiger partial charge in [0.25, 0.3) is 0 Å². The molecule has 0 atom stereocenters. The number of rotatable bonds is 1. The second-order valence-electron chi connectivity index (χ2n) is 2.11. The van der Waals surface area contributed by atoms with Crippen LogP contribution < -0.4 is 4.74 Å². The maximum Gasteiger partial charge on any atom is 0.419 e. The van der Waals surface area contributed by atoms with Crippen LogP contribution >= 0.6 is 0 Å². The molecule has 0 saturated heterocycles. The maximum atomic E-state index is 12.1. The Morgan fingerprint density at radius 2 is 2.08 bits per heavy atom. The zero-order valence-corrected chi connectivity index (χ0v) is 6.27. The Kier molecular flexibility index (Phi) is 2.26. The van der Waals surface area contributed by atoms with E-state index in [-0.39, 0.29) is 5.75 Å². The zero-order chi connectivity index (χ0) is 9.19. The molecule has 1 nitrogen and oxygen atoms in total. The number of hydrogen-bond donors (Lipinski definition) is 0. The molecule has 4 heteroatoms. The van der Waals surface area contributed by atoms with Gasteiger partial charge in [-0.05, 0) is 6.07 Å². The third-order valence-electron chi connectivity index (χ3n) is 1.33. The topological polar surface area (TPSA) is 9.23 Å². The maximum absolute atomic E-state index is 12.1. The molecule has 65 valence electrons. The van der Waals surface area contributed by atoms with E-state index in [0.29, 0.717) is 0 Å². The Morgan fingerprint density at radius 1 is 1.42 bits per heavy atom. The van der Waals surface area contributed by atoms with Gasteiger partial charge < -0.3 is 4.74 Å². The van der Waals surface area contributed by atoms with Crippen molar-refractivity contribution in [2.24, 2.45) is 0 Å². The smallest absolute Gasteiger partial charge is 0.419 e. The Bertz CT molecular complexity index is 267. The van der Waals surface area contributed by atoms with Crippen LogP contribution in [0.2, 0.25) is 0 Å². The SMILES string of the molecule is COc1[c]cccc1C(F)(F)F. The molecule has 0 aliphatic rings. The highest BCUT2D eigenvalue weighted by Crippen LogP contribution is 2.35. The van der Waals surface area contributed by atoms with Gasteiger partial charge in [0, 0.05) is 6.07 Å². The lowest BCUT2D eigenvalue weighted by Gasteiger charge is -2.09. The number of hydrogen-bond acceptors (Lipinski definition) is 1. The summed E-state index contributed by atoms with van der Waals surface area (Å²) in [5, 5.41) is 0. The molecule has 0 bridgehead atoms. The standard InChI is InChI=1S/C8H6F3O/c1-12-7-5-3-2-4-6(7)8(9,10)11/h2-4H,1H3. The Morgan fingerprint density at radius 3 is 2.50 bits per heavy atom. The van der Waals surface area contributed by atoms with Crippen molar-refractivity contribution in [2.75, 3.05) is 7.11 Å². The van der Waals surface area contributed by atoms with E-state index in [2.05, 4.69) is 10.8 Å². The van der Waals surface area contributed by atoms with Crippen LogP contribution in [0.1, 0.15) is 5.56 Å². The van der Waals surface area contributed by atoms with Gasteiger partial charge in [0.15, 0.2) is 0 Å². The number of ether oxygens (including phenoxy) is 1. The van der Waals surface area contributed by atoms with Crippen molar-refractivity contribution in [1.82, 2.24) is 0 Å². The second-order valence-corrected chi connectivity index (χ2v) is 2.11. The minimum absolute atomic E-state index is 0.273. The minimum Gasteiger partial charge on any atom is -0.495 e. The minimum atomic E-state index is -4.37. The molecule has 0 aromatic heterocycles. The molecule has 1 aromatic carbocycles. The lowest BCUT2D eigenvalue weighted by Crippen LogP contribution is -2.06. The molecule has 1 rings (SSSR count). The fourth-order valence-electron chi connectivity index (χ4n) is 0.814. The highest BCUT2D eigenvalue weighted by Gasteiger charge is 2.33. The van der Waals surface area contributed by atoms with E-state index in [4.69, 9.17) is 0 Å². The highest BCUT2D eigenvalue weighted by atomic mass is 19.4. The van der Waals surface area contributed by atoms with Crippen LogP contribution in [0.3, 0.4) is 0 Å². The van der Waals surface area contributed by atoms with E-state index < -0.39 is 11.7 Å². The quantitative estimate of drug-likeness (QED) is 0.637. The third-order valence-corrected chi connectivity index (χ3v) is 1.33. The highest BCUT2D eigenvalue weighted by molar-refractivity contribution is 5.34. The Labute approximate surface area is 67.8 Å². The average Bonchev–Trinajstić information content (AvgIpc) is 2.03. The summed E-state index contributed by atoms with van der Waals surface area (Å²) < 4.78 is 40.9. The summed E-state index contributed by atoms with van der Waals surface area (Å²) in [6.07, 6.45) is -4.37. The largest absolute Gasteiger partial charge is 0.495 e. The number of alkyl halides is 3. The molecule has 0 fully saturated rings. The van der Waals surface area contributed by atoms with Gasteiger partial charge in [0.2, 0.25) is 0 Å². The van der Waals surface area contributed by atoms with Gasteiger partial charge in [-0.15, -0.1) is 0 Å². The van der Waals surface area contributed by atoms with Crippen LogP contribution in [0, 0.1) is 6.07 Å². The van der Waals surface area contributed by atoms with Gasteiger partial charge >= 0.3 is 6.18 Å². The molecular formula is C8H6F3O. The molecule has 0 aliphatic carbocycles. The summed E-state index contributed by atoms with van der Waals surface area (Å²) in [6, 6.07) is 5.94. The monoisotopic (exact) mass is 175 g/mol. The summed E-state index contributed by atoms with van der Waals surface area (Å²) in [5.74, 6) is -0.273. The fraction of sp³-hybridized carbons (Fsp3) is 0.250. The molecule has 0 spiro atoms. The van der Waals surface area contributed by atoms with Crippen LogP contribution in [0.25, 0.3) is 0 Å². The first-order chi connectivity index (χ1) is 5.55. The average molecular weight is 175 g/mol. The fourth-order valence-corrected chi connectivity index (χ4v) is 0.814. The van der Waals surface area contributed by atoms with Crippen molar-refractivity contribution in [3.8, 4) is 5.75 Å². The first-order valence-electron chi connectivity index (χ1n) is 3.17. The summed E-state index contributed by atoms with van der Waals surface area (Å²) in [7, 11) is 1.18. The van der Waals surface area contributed by atoms with Crippen LogP contribution in [0.15, 0.2) is 18.2 Å². The molecule has 1 radical (unpaired) electrons. The van der Waals surface area contributed by atoms with Gasteiger partial charge in [-0.3, -0.25) is 0 Å². The molecule has 0 unspecified atom stereocenters. The van der Waals surface area contributed by atoms with Crippen LogP contribution in [0.4, 0.5) is 13.2 Å². The van der Waals surface area contributed by atoms with E-state index in [0.717, 1.165) is 6.07 Å². The van der Waals surface area contributed by atoms with Crippen molar-refractivity contribution >= 4 is 0 Å². The molecule has 0 saturated carbocycles. The molecule has 1 aromatic rings. The first kappa shape index (κ1) is 8.90. The van der Waals surface area contributed by atoms with Crippen molar-refractivity contribution < 1.29 is 17.9 Å². The summed E-state index contributed by atoms with van der Waals surface area (Å²) >= 11 is 0. The van der Waals surface area contributed by atoms with E-state index in [1.54, 1.807) is 0 Å². The van der Waals surface area contributed by atoms with Gasteiger partial charge in [-0.25, -0.2) is 0 Å². The molecule has 0 heterocycles. The Hall–Kier alpha value is -1.19. The molecule has 12 heavy (non-hydrogen) atoms. The summed E-state index contributed by atoms with van der Waals surface area (Å²) in [6.45, 7) is 0. The van der Waals surface area contributed by atoms with E-state index in [1.165, 1.54) is 19.2 Å².